The molecule has 18 atom stereocenters. The first-order valence-electron chi connectivity index (χ1n) is 15.3. The van der Waals surface area contributed by atoms with E-state index in [0.717, 1.165) is 0 Å². The quantitative estimate of drug-likeness (QED) is 0.107. The highest BCUT2D eigenvalue weighted by Crippen LogP contribution is 2.36. The van der Waals surface area contributed by atoms with Crippen molar-refractivity contribution in [3.8, 4) is 0 Å². The molecule has 1 amide bonds. The van der Waals surface area contributed by atoms with Crippen LogP contribution >= 0.6 is 0 Å². The maximum absolute atomic E-state index is 12.3. The monoisotopic (exact) mass is 638 g/mol. The van der Waals surface area contributed by atoms with E-state index in [1.807, 2.05) is 6.92 Å². The third-order valence-corrected chi connectivity index (χ3v) is 9.13. The van der Waals surface area contributed by atoms with Crippen LogP contribution in [0.1, 0.15) is 39.5 Å². The summed E-state index contributed by atoms with van der Waals surface area (Å²) in [5, 5.41) is 78.8. The smallest absolute Gasteiger partial charge is 0.249 e. The highest BCUT2D eigenvalue weighted by atomic mass is 16.8. The number of carbonyl (C=O) groups excluding carboxylic acids is 1. The van der Waals surface area contributed by atoms with E-state index in [9.17, 15) is 40.5 Å². The van der Waals surface area contributed by atoms with Crippen molar-refractivity contribution in [1.29, 1.82) is 0 Å². The molecular weight excluding hydrogens is 588 g/mol. The lowest BCUT2D eigenvalue weighted by Gasteiger charge is -2.51. The van der Waals surface area contributed by atoms with Crippen LogP contribution in [0, 0.1) is 5.92 Å². The molecule has 0 bridgehead atoms. The summed E-state index contributed by atoms with van der Waals surface area (Å²) < 4.78 is 29.6. The summed E-state index contributed by atoms with van der Waals surface area (Å²) in [7, 11) is 1.55. The molecule has 13 N–H and O–H groups in total. The van der Waals surface area contributed by atoms with E-state index >= 15 is 0 Å². The van der Waals surface area contributed by atoms with Gasteiger partial charge in [-0.05, 0) is 32.2 Å². The van der Waals surface area contributed by atoms with Crippen LogP contribution in [0.2, 0.25) is 0 Å². The molecule has 0 radical (unpaired) electrons. The molecule has 44 heavy (non-hydrogen) atoms. The Morgan fingerprint density at radius 1 is 0.932 bits per heavy atom. The van der Waals surface area contributed by atoms with E-state index in [2.05, 4.69) is 10.6 Å². The van der Waals surface area contributed by atoms with E-state index in [0.29, 0.717) is 6.42 Å². The number of aliphatic hydroxyl groups excluding tert-OH is 7. The Hall–Kier alpha value is -1.13. The van der Waals surface area contributed by atoms with Crippen molar-refractivity contribution in [2.45, 2.75) is 144 Å². The second-order valence-electron chi connectivity index (χ2n) is 12.4. The van der Waals surface area contributed by atoms with E-state index in [-0.39, 0.29) is 25.2 Å². The Balaban J connectivity index is 1.39. The van der Waals surface area contributed by atoms with Gasteiger partial charge in [0.1, 0.15) is 48.8 Å². The van der Waals surface area contributed by atoms with E-state index in [1.165, 1.54) is 0 Å². The van der Waals surface area contributed by atoms with E-state index in [1.54, 1.807) is 14.0 Å². The van der Waals surface area contributed by atoms with E-state index in [4.69, 9.17) is 35.2 Å². The van der Waals surface area contributed by atoms with Gasteiger partial charge in [-0.2, -0.15) is 0 Å². The average Bonchev–Trinajstić information content (AvgIpc) is 2.98. The maximum atomic E-state index is 12.3. The molecule has 0 aromatic carbocycles. The van der Waals surface area contributed by atoms with Gasteiger partial charge in [-0.25, -0.2) is 0 Å². The van der Waals surface area contributed by atoms with Gasteiger partial charge in [0.15, 0.2) is 18.9 Å². The SMILES string of the molecule is CCC[C@H](O)C(=O)N[C@@H]1CC(C)[C@@H](O[C@H]2OC3C(O)C(NC)C(O[C@H]4OC(CO)[C@@H](N)[C@H](O)C4O)O[C@H]3C[C@@H]2N)C(O)[C@@H]1O. The Morgan fingerprint density at radius 2 is 1.64 bits per heavy atom. The summed E-state index contributed by atoms with van der Waals surface area (Å²) >= 11 is 0. The fourth-order valence-corrected chi connectivity index (χ4v) is 6.47. The number of aliphatic hydroxyl groups is 7. The van der Waals surface area contributed by atoms with Gasteiger partial charge in [0, 0.05) is 0 Å². The summed E-state index contributed by atoms with van der Waals surface area (Å²) in [5.41, 5.74) is 12.2. The van der Waals surface area contributed by atoms with Gasteiger partial charge in [0.05, 0.1) is 43.0 Å². The Bertz CT molecular complexity index is 936. The Morgan fingerprint density at radius 3 is 2.27 bits per heavy atom. The normalized spacial score (nSPS) is 48.8. The number of nitrogens with two attached hydrogens (primary N) is 2. The van der Waals surface area contributed by atoms with Gasteiger partial charge >= 0.3 is 0 Å². The lowest BCUT2D eigenvalue weighted by atomic mass is 9.80. The molecule has 8 unspecified atom stereocenters. The predicted octanol–water partition coefficient (Wildman–Crippen LogP) is -5.32. The van der Waals surface area contributed by atoms with Crippen molar-refractivity contribution in [2.24, 2.45) is 17.4 Å². The first kappa shape index (κ1) is 35.7. The Kier molecular flexibility index (Phi) is 12.3. The van der Waals surface area contributed by atoms with Crippen LogP contribution in [0.5, 0.6) is 0 Å². The number of rotatable bonds is 10. The highest BCUT2D eigenvalue weighted by Gasteiger charge is 2.54. The number of hydrogen-bond donors (Lipinski definition) is 11. The first-order valence-corrected chi connectivity index (χ1v) is 15.3. The van der Waals surface area contributed by atoms with Crippen molar-refractivity contribution >= 4 is 5.91 Å². The van der Waals surface area contributed by atoms with Crippen LogP contribution in [0.25, 0.3) is 0 Å². The molecule has 3 aliphatic heterocycles. The van der Waals surface area contributed by atoms with Crippen LogP contribution in [0.15, 0.2) is 0 Å². The van der Waals surface area contributed by atoms with Crippen molar-refractivity contribution in [2.75, 3.05) is 13.7 Å². The van der Waals surface area contributed by atoms with Gasteiger partial charge < -0.3 is 81.5 Å². The molecule has 17 heteroatoms. The van der Waals surface area contributed by atoms with Crippen molar-refractivity contribution in [1.82, 2.24) is 10.6 Å². The molecular formula is C27H50N4O13. The molecule has 4 fully saturated rings. The number of ether oxygens (including phenoxy) is 5. The summed E-state index contributed by atoms with van der Waals surface area (Å²) in [6.07, 6.45) is -14.4. The van der Waals surface area contributed by atoms with Crippen LogP contribution in [-0.2, 0) is 28.5 Å². The predicted molar refractivity (Wildman–Crippen MR) is 149 cm³/mol. The number of hydrogen-bond acceptors (Lipinski definition) is 16. The first-order chi connectivity index (χ1) is 20.8. The third kappa shape index (κ3) is 7.37. The lowest BCUT2D eigenvalue weighted by molar-refractivity contribution is -0.373. The molecule has 4 aliphatic rings. The van der Waals surface area contributed by atoms with Crippen LogP contribution in [0.4, 0.5) is 0 Å². The topological polar surface area (TPSA) is 281 Å². The maximum Gasteiger partial charge on any atom is 0.249 e. The molecule has 4 rings (SSSR count). The van der Waals surface area contributed by atoms with Gasteiger partial charge in [-0.15, -0.1) is 0 Å². The van der Waals surface area contributed by atoms with Gasteiger partial charge in [-0.1, -0.05) is 20.3 Å². The minimum Gasteiger partial charge on any atom is -0.394 e. The molecule has 0 aromatic rings. The number of likely N-dealkylation sites (N-methyl/N-ethyl adjacent to an activating group) is 1. The molecule has 256 valence electrons. The number of amides is 1. The summed E-state index contributed by atoms with van der Waals surface area (Å²) in [5.74, 6) is -0.984. The number of carbonyl (C=O) groups is 1. The van der Waals surface area contributed by atoms with E-state index < -0.39 is 117 Å². The zero-order valence-corrected chi connectivity index (χ0v) is 25.2. The molecule has 0 aromatic heterocycles. The van der Waals surface area contributed by atoms with Gasteiger partial charge in [-0.3, -0.25) is 4.79 Å². The van der Waals surface area contributed by atoms with Crippen molar-refractivity contribution in [3.63, 3.8) is 0 Å². The standard InChI is InChI=1S/C27H50N4O13/c1-4-5-12(33)24(39)31-11-6-9(2)22(20(37)17(11)34)42-25-10(28)7-13-23(43-25)19(36)16(30-3)26(40-13)44-27-21(38)18(35)15(29)14(8-32)41-27/h9-23,25-27,30,32-38H,4-8,28-29H2,1-3H3,(H,31,39)/t9?,10-,11+,12-,13-,14?,15+,16?,17+,18-,19?,20?,21?,22+,23?,25-,26?,27+/m0/s1. The fraction of sp³-hybridized carbons (Fsp3) is 0.963. The lowest BCUT2D eigenvalue weighted by Crippen LogP contribution is -2.70. The largest absolute Gasteiger partial charge is 0.394 e. The zero-order chi connectivity index (χ0) is 32.5. The molecule has 1 aliphatic carbocycles. The zero-order valence-electron chi connectivity index (χ0n) is 25.2. The summed E-state index contributed by atoms with van der Waals surface area (Å²) in [6.45, 7) is 3.09. The second kappa shape index (κ2) is 15.2. The third-order valence-electron chi connectivity index (χ3n) is 9.13. The highest BCUT2D eigenvalue weighted by molar-refractivity contribution is 5.80. The number of nitrogens with one attached hydrogen (secondary N) is 2. The van der Waals surface area contributed by atoms with Crippen LogP contribution < -0.4 is 22.1 Å². The molecule has 3 saturated heterocycles. The van der Waals surface area contributed by atoms with Crippen LogP contribution in [-0.4, -0.2) is 159 Å². The molecule has 0 spiro atoms. The molecule has 17 nitrogen and oxygen atoms in total. The van der Waals surface area contributed by atoms with Crippen molar-refractivity contribution < 1.29 is 64.2 Å². The van der Waals surface area contributed by atoms with Crippen LogP contribution in [0.3, 0.4) is 0 Å². The van der Waals surface area contributed by atoms with Crippen molar-refractivity contribution in [3.05, 3.63) is 0 Å². The minimum atomic E-state index is -1.56. The summed E-state index contributed by atoms with van der Waals surface area (Å²) in [6, 6.07) is -3.55. The molecule has 1 saturated carbocycles. The summed E-state index contributed by atoms with van der Waals surface area (Å²) in [4.78, 5) is 12.3. The average molecular weight is 639 g/mol. The second-order valence-corrected chi connectivity index (χ2v) is 12.4. The van der Waals surface area contributed by atoms with Gasteiger partial charge in [0.2, 0.25) is 5.91 Å². The Labute approximate surface area is 255 Å². The minimum absolute atomic E-state index is 0.136. The number of fused-ring (bicyclic) bond motifs is 1. The molecule has 3 heterocycles. The van der Waals surface area contributed by atoms with Gasteiger partial charge in [0.25, 0.3) is 0 Å². The fourth-order valence-electron chi connectivity index (χ4n) is 6.47.